The maximum Gasteiger partial charge on any atom is 0.248 e. The largest absolute Gasteiger partial charge is 0.494 e. The first kappa shape index (κ1) is 28.7. The highest BCUT2D eigenvalue weighted by Gasteiger charge is 2.31. The zero-order valence-corrected chi connectivity index (χ0v) is 21.9. The van der Waals surface area contributed by atoms with Crippen LogP contribution < -0.4 is 16.4 Å². The Morgan fingerprint density at radius 2 is 1.59 bits per heavy atom. The van der Waals surface area contributed by atoms with E-state index in [1.165, 1.54) is 13.0 Å². The van der Waals surface area contributed by atoms with Gasteiger partial charge in [-0.3, -0.25) is 24.2 Å². The van der Waals surface area contributed by atoms with Crippen molar-refractivity contribution in [1.29, 1.82) is 0 Å². The third kappa shape index (κ3) is 7.35. The van der Waals surface area contributed by atoms with Crippen molar-refractivity contribution in [2.75, 3.05) is 0 Å². The van der Waals surface area contributed by atoms with Crippen molar-refractivity contribution in [3.63, 3.8) is 0 Å². The summed E-state index contributed by atoms with van der Waals surface area (Å²) < 4.78 is 0. The van der Waals surface area contributed by atoms with E-state index >= 15 is 0 Å². The Morgan fingerprint density at radius 3 is 2.13 bits per heavy atom. The lowest BCUT2D eigenvalue weighted by molar-refractivity contribution is -0.123. The van der Waals surface area contributed by atoms with Gasteiger partial charge in [0.1, 0.15) is 0 Å². The highest BCUT2D eigenvalue weighted by Crippen LogP contribution is 2.30. The fourth-order valence-electron chi connectivity index (χ4n) is 4.06. The number of aromatic amines is 1. The number of ketones is 1. The molecule has 0 aliphatic heterocycles. The lowest BCUT2D eigenvalue weighted by atomic mass is 9.93. The number of rotatable bonds is 11. The molecule has 0 saturated carbocycles. The van der Waals surface area contributed by atoms with Gasteiger partial charge in [-0.1, -0.05) is 56.3 Å². The first-order chi connectivity index (χ1) is 18.5. The van der Waals surface area contributed by atoms with Crippen LogP contribution in [0, 0.1) is 12.8 Å². The minimum absolute atomic E-state index is 0.0894. The standard InChI is InChI=1S/C29H32N4O6/c1-16(2)25(26(36)24-17(3)28(38)33-29(24)39)32-23(35)15-21(19-7-5-4-6-8-19)31-22(34)14-11-18-9-12-20(13-10-18)27(30)37/h4-14,16,21,25,33,38-39H,15H2,1-3H3,(H2,30,37)(H,31,34)(H,32,35)/t21-,25-/m0/s1. The topological polar surface area (TPSA) is 175 Å². The summed E-state index contributed by atoms with van der Waals surface area (Å²) in [5.74, 6) is -3.16. The van der Waals surface area contributed by atoms with E-state index in [-0.39, 0.29) is 29.3 Å². The normalized spacial score (nSPS) is 12.7. The number of nitrogens with two attached hydrogens (primary N) is 1. The molecule has 0 aliphatic carbocycles. The average Bonchev–Trinajstić information content (AvgIpc) is 3.16. The second-order valence-corrected chi connectivity index (χ2v) is 9.47. The monoisotopic (exact) mass is 532 g/mol. The Kier molecular flexibility index (Phi) is 9.27. The molecule has 10 heteroatoms. The van der Waals surface area contributed by atoms with E-state index < -0.39 is 41.5 Å². The van der Waals surface area contributed by atoms with Gasteiger partial charge in [0.15, 0.2) is 11.7 Å². The van der Waals surface area contributed by atoms with Gasteiger partial charge in [0.25, 0.3) is 0 Å². The van der Waals surface area contributed by atoms with Gasteiger partial charge in [-0.25, -0.2) is 0 Å². The molecule has 7 N–H and O–H groups in total. The van der Waals surface area contributed by atoms with Gasteiger partial charge in [0.05, 0.1) is 24.1 Å². The number of aromatic hydroxyl groups is 2. The minimum atomic E-state index is -0.979. The quantitative estimate of drug-likeness (QED) is 0.163. The van der Waals surface area contributed by atoms with Crippen LogP contribution in [0.3, 0.4) is 0 Å². The Labute approximate surface area is 225 Å². The first-order valence-electron chi connectivity index (χ1n) is 12.3. The van der Waals surface area contributed by atoms with Crippen molar-refractivity contribution in [3.05, 3.63) is 88.5 Å². The second-order valence-electron chi connectivity index (χ2n) is 9.47. The van der Waals surface area contributed by atoms with Gasteiger partial charge < -0.3 is 26.6 Å². The molecule has 0 radical (unpaired) electrons. The number of Topliss-reactive ketones (excluding diaryl/α,β-unsaturated/α-hetero) is 1. The maximum absolute atomic E-state index is 13.2. The van der Waals surface area contributed by atoms with Crippen LogP contribution >= 0.6 is 0 Å². The van der Waals surface area contributed by atoms with Crippen LogP contribution in [0.25, 0.3) is 6.08 Å². The smallest absolute Gasteiger partial charge is 0.248 e. The second kappa shape index (κ2) is 12.6. The third-order valence-corrected chi connectivity index (χ3v) is 6.25. The van der Waals surface area contributed by atoms with Crippen LogP contribution in [0.5, 0.6) is 11.8 Å². The van der Waals surface area contributed by atoms with Gasteiger partial charge in [-0.2, -0.15) is 0 Å². The summed E-state index contributed by atoms with van der Waals surface area (Å²) >= 11 is 0. The van der Waals surface area contributed by atoms with Gasteiger partial charge in [0, 0.05) is 17.2 Å². The van der Waals surface area contributed by atoms with Crippen molar-refractivity contribution < 1.29 is 29.4 Å². The first-order valence-corrected chi connectivity index (χ1v) is 12.3. The summed E-state index contributed by atoms with van der Waals surface area (Å²) in [6.07, 6.45) is 2.73. The third-order valence-electron chi connectivity index (χ3n) is 6.25. The Balaban J connectivity index is 1.74. The number of primary amides is 1. The van der Waals surface area contributed by atoms with Crippen molar-refractivity contribution >= 4 is 29.6 Å². The van der Waals surface area contributed by atoms with E-state index in [1.54, 1.807) is 68.5 Å². The number of amides is 3. The summed E-state index contributed by atoms with van der Waals surface area (Å²) in [4.78, 5) is 52.6. The number of carbonyl (C=O) groups excluding carboxylic acids is 4. The summed E-state index contributed by atoms with van der Waals surface area (Å²) in [6.45, 7) is 4.98. The van der Waals surface area contributed by atoms with Crippen LogP contribution in [-0.2, 0) is 9.59 Å². The Hall–Kier alpha value is -4.86. The molecule has 10 nitrogen and oxygen atoms in total. The van der Waals surface area contributed by atoms with Crippen LogP contribution in [0.4, 0.5) is 0 Å². The Morgan fingerprint density at radius 1 is 0.949 bits per heavy atom. The molecule has 3 rings (SSSR count). The number of benzene rings is 2. The molecule has 204 valence electrons. The molecule has 39 heavy (non-hydrogen) atoms. The lowest BCUT2D eigenvalue weighted by Gasteiger charge is -2.24. The van der Waals surface area contributed by atoms with Crippen molar-refractivity contribution in [2.24, 2.45) is 11.7 Å². The van der Waals surface area contributed by atoms with E-state index in [2.05, 4.69) is 15.6 Å². The Bertz CT molecular complexity index is 1380. The van der Waals surface area contributed by atoms with Gasteiger partial charge >= 0.3 is 0 Å². The minimum Gasteiger partial charge on any atom is -0.494 e. The van der Waals surface area contributed by atoms with Crippen molar-refractivity contribution in [3.8, 4) is 11.8 Å². The van der Waals surface area contributed by atoms with Crippen LogP contribution in [0.15, 0.2) is 60.7 Å². The van der Waals surface area contributed by atoms with E-state index in [0.29, 0.717) is 16.7 Å². The molecule has 2 atom stereocenters. The van der Waals surface area contributed by atoms with Gasteiger partial charge in [-0.15, -0.1) is 0 Å². The summed E-state index contributed by atoms with van der Waals surface area (Å²) in [6, 6.07) is 13.7. The molecule has 0 bridgehead atoms. The lowest BCUT2D eigenvalue weighted by Crippen LogP contribution is -2.45. The molecule has 3 aromatic rings. The number of hydrogen-bond acceptors (Lipinski definition) is 6. The molecule has 3 amide bonds. The molecular weight excluding hydrogens is 500 g/mol. The number of aromatic nitrogens is 1. The predicted molar refractivity (Wildman–Crippen MR) is 146 cm³/mol. The fourth-order valence-corrected chi connectivity index (χ4v) is 4.06. The van der Waals surface area contributed by atoms with Crippen molar-refractivity contribution in [2.45, 2.75) is 39.3 Å². The average molecular weight is 533 g/mol. The highest BCUT2D eigenvalue weighted by atomic mass is 16.3. The predicted octanol–water partition coefficient (Wildman–Crippen LogP) is 3.12. The van der Waals surface area contributed by atoms with Crippen molar-refractivity contribution in [1.82, 2.24) is 15.6 Å². The molecule has 0 spiro atoms. The van der Waals surface area contributed by atoms with E-state index in [4.69, 9.17) is 5.73 Å². The van der Waals surface area contributed by atoms with E-state index in [1.807, 2.05) is 6.07 Å². The molecule has 0 fully saturated rings. The van der Waals surface area contributed by atoms with Crippen LogP contribution in [0.2, 0.25) is 0 Å². The van der Waals surface area contributed by atoms with E-state index in [0.717, 1.165) is 0 Å². The molecule has 0 aliphatic rings. The molecule has 1 aromatic heterocycles. The summed E-state index contributed by atoms with van der Waals surface area (Å²) in [5.41, 5.74) is 7.06. The fraction of sp³-hybridized carbons (Fsp3) is 0.241. The molecule has 0 unspecified atom stereocenters. The zero-order valence-electron chi connectivity index (χ0n) is 21.9. The number of carbonyl (C=O) groups is 4. The van der Waals surface area contributed by atoms with Gasteiger partial charge in [-0.05, 0) is 42.2 Å². The zero-order chi connectivity index (χ0) is 28.7. The molecule has 0 saturated heterocycles. The molecular formula is C29H32N4O6. The molecule has 2 aromatic carbocycles. The number of H-pyrrole nitrogens is 1. The highest BCUT2D eigenvalue weighted by molar-refractivity contribution is 6.05. The van der Waals surface area contributed by atoms with Gasteiger partial charge in [0.2, 0.25) is 23.6 Å². The summed E-state index contributed by atoms with van der Waals surface area (Å²) in [5, 5.41) is 25.5. The van der Waals surface area contributed by atoms with E-state index in [9.17, 15) is 29.4 Å². The number of nitrogens with one attached hydrogen (secondary N) is 3. The summed E-state index contributed by atoms with van der Waals surface area (Å²) in [7, 11) is 0. The number of hydrogen-bond donors (Lipinski definition) is 6. The van der Waals surface area contributed by atoms with Crippen LogP contribution in [0.1, 0.15) is 63.7 Å². The SMILES string of the molecule is Cc1c(O)[nH]c(O)c1C(=O)[C@@H](NC(=O)C[C@H](NC(=O)C=Cc1ccc(C(N)=O)cc1)c1ccccc1)C(C)C. The van der Waals surface area contributed by atoms with Crippen LogP contribution in [-0.4, -0.2) is 44.7 Å². The molecule has 1 heterocycles. The maximum atomic E-state index is 13.2.